The molecule has 3 atom stereocenters. The number of nitrogens with one attached hydrogen (secondary N) is 1. The standard InChI is InChI=1S/C13H26N2O/c1-3-4-12-9-14-7-8-15(12)10-13-6-5-11(2)16-13/h11-14H,3-10H2,1-2H3. The van der Waals surface area contributed by atoms with Crippen molar-refractivity contribution in [2.45, 2.75) is 57.8 Å². The third-order valence-corrected chi connectivity index (χ3v) is 3.85. The van der Waals surface area contributed by atoms with Crippen LogP contribution in [0.4, 0.5) is 0 Å². The normalized spacial score (nSPS) is 36.8. The minimum absolute atomic E-state index is 0.484. The van der Waals surface area contributed by atoms with Crippen molar-refractivity contribution in [1.82, 2.24) is 10.2 Å². The molecule has 0 bridgehead atoms. The van der Waals surface area contributed by atoms with E-state index in [0.717, 1.165) is 25.7 Å². The highest BCUT2D eigenvalue weighted by Gasteiger charge is 2.28. The first-order chi connectivity index (χ1) is 7.79. The Morgan fingerprint density at radius 1 is 1.38 bits per heavy atom. The van der Waals surface area contributed by atoms with Gasteiger partial charge in [0.15, 0.2) is 0 Å². The summed E-state index contributed by atoms with van der Waals surface area (Å²) in [4.78, 5) is 2.64. The van der Waals surface area contributed by atoms with Crippen molar-refractivity contribution in [1.29, 1.82) is 0 Å². The lowest BCUT2D eigenvalue weighted by molar-refractivity contribution is 0.0152. The number of hydrogen-bond acceptors (Lipinski definition) is 3. The molecule has 0 aliphatic carbocycles. The van der Waals surface area contributed by atoms with Crippen LogP contribution in [0.25, 0.3) is 0 Å². The largest absolute Gasteiger partial charge is 0.374 e. The Morgan fingerprint density at radius 3 is 2.94 bits per heavy atom. The second kappa shape index (κ2) is 5.99. The molecule has 0 aromatic heterocycles. The van der Waals surface area contributed by atoms with E-state index >= 15 is 0 Å². The van der Waals surface area contributed by atoms with Crippen molar-refractivity contribution in [3.63, 3.8) is 0 Å². The Balaban J connectivity index is 1.81. The van der Waals surface area contributed by atoms with Gasteiger partial charge in [-0.05, 0) is 26.2 Å². The van der Waals surface area contributed by atoms with Gasteiger partial charge in [-0.3, -0.25) is 4.90 Å². The van der Waals surface area contributed by atoms with Crippen LogP contribution in [0.15, 0.2) is 0 Å². The highest BCUT2D eigenvalue weighted by atomic mass is 16.5. The van der Waals surface area contributed by atoms with Gasteiger partial charge in [-0.2, -0.15) is 0 Å². The van der Waals surface area contributed by atoms with Crippen molar-refractivity contribution in [3.8, 4) is 0 Å². The van der Waals surface area contributed by atoms with Crippen molar-refractivity contribution in [3.05, 3.63) is 0 Å². The maximum absolute atomic E-state index is 5.93. The SMILES string of the molecule is CCCC1CNCCN1CC1CCC(C)O1. The Bertz CT molecular complexity index is 208. The molecule has 0 spiro atoms. The lowest BCUT2D eigenvalue weighted by Crippen LogP contribution is -2.53. The number of piperazine rings is 1. The molecule has 2 fully saturated rings. The van der Waals surface area contributed by atoms with Crippen molar-refractivity contribution < 1.29 is 4.74 Å². The van der Waals surface area contributed by atoms with Gasteiger partial charge in [0.25, 0.3) is 0 Å². The van der Waals surface area contributed by atoms with Crippen LogP contribution in [0.3, 0.4) is 0 Å². The predicted molar refractivity (Wildman–Crippen MR) is 66.7 cm³/mol. The fourth-order valence-corrected chi connectivity index (χ4v) is 2.94. The summed E-state index contributed by atoms with van der Waals surface area (Å²) in [5.74, 6) is 0. The molecule has 0 saturated carbocycles. The topological polar surface area (TPSA) is 24.5 Å². The smallest absolute Gasteiger partial charge is 0.0706 e. The van der Waals surface area contributed by atoms with Crippen molar-refractivity contribution >= 4 is 0 Å². The third kappa shape index (κ3) is 3.19. The molecule has 0 aromatic carbocycles. The van der Waals surface area contributed by atoms with E-state index in [1.165, 1.54) is 32.2 Å². The molecule has 0 aromatic rings. The Kier molecular flexibility index (Phi) is 4.62. The average molecular weight is 226 g/mol. The molecule has 3 nitrogen and oxygen atoms in total. The quantitative estimate of drug-likeness (QED) is 0.788. The first-order valence-electron chi connectivity index (χ1n) is 6.89. The van der Waals surface area contributed by atoms with E-state index in [1.807, 2.05) is 0 Å². The highest BCUT2D eigenvalue weighted by molar-refractivity contribution is 4.83. The van der Waals surface area contributed by atoms with Crippen molar-refractivity contribution in [2.24, 2.45) is 0 Å². The van der Waals surface area contributed by atoms with Gasteiger partial charge in [0.2, 0.25) is 0 Å². The summed E-state index contributed by atoms with van der Waals surface area (Å²) in [6.45, 7) is 9.12. The van der Waals surface area contributed by atoms with Crippen LogP contribution in [-0.4, -0.2) is 49.3 Å². The van der Waals surface area contributed by atoms with Gasteiger partial charge in [0.1, 0.15) is 0 Å². The number of rotatable bonds is 4. The van der Waals surface area contributed by atoms with Gasteiger partial charge in [0.05, 0.1) is 12.2 Å². The third-order valence-electron chi connectivity index (χ3n) is 3.85. The van der Waals surface area contributed by atoms with Crippen LogP contribution in [-0.2, 0) is 4.74 Å². The van der Waals surface area contributed by atoms with E-state index in [-0.39, 0.29) is 0 Å². The lowest BCUT2D eigenvalue weighted by Gasteiger charge is -2.37. The van der Waals surface area contributed by atoms with E-state index in [4.69, 9.17) is 4.74 Å². The fraction of sp³-hybridized carbons (Fsp3) is 1.00. The number of nitrogens with zero attached hydrogens (tertiary/aromatic N) is 1. The summed E-state index contributed by atoms with van der Waals surface area (Å²) in [6, 6.07) is 0.734. The molecule has 3 unspecified atom stereocenters. The molecule has 2 aliphatic rings. The minimum atomic E-state index is 0.484. The summed E-state index contributed by atoms with van der Waals surface area (Å²) < 4.78 is 5.93. The molecule has 2 rings (SSSR count). The maximum atomic E-state index is 5.93. The van der Waals surface area contributed by atoms with E-state index in [1.54, 1.807) is 0 Å². The van der Waals surface area contributed by atoms with Gasteiger partial charge < -0.3 is 10.1 Å². The highest BCUT2D eigenvalue weighted by Crippen LogP contribution is 2.21. The summed E-state index contributed by atoms with van der Waals surface area (Å²) in [7, 11) is 0. The second-order valence-corrected chi connectivity index (χ2v) is 5.29. The molecule has 16 heavy (non-hydrogen) atoms. The van der Waals surface area contributed by atoms with E-state index in [2.05, 4.69) is 24.1 Å². The summed E-state index contributed by atoms with van der Waals surface area (Å²) >= 11 is 0. The monoisotopic (exact) mass is 226 g/mol. The van der Waals surface area contributed by atoms with E-state index in [9.17, 15) is 0 Å². The van der Waals surface area contributed by atoms with Gasteiger partial charge in [-0.25, -0.2) is 0 Å². The van der Waals surface area contributed by atoms with Gasteiger partial charge in [-0.1, -0.05) is 13.3 Å². The Hall–Kier alpha value is -0.120. The zero-order valence-electron chi connectivity index (χ0n) is 10.7. The van der Waals surface area contributed by atoms with Crippen LogP contribution in [0.2, 0.25) is 0 Å². The first kappa shape index (κ1) is 12.3. The molecular formula is C13H26N2O. The summed E-state index contributed by atoms with van der Waals surface area (Å²) in [5, 5.41) is 3.50. The van der Waals surface area contributed by atoms with Crippen LogP contribution in [0.5, 0.6) is 0 Å². The predicted octanol–water partition coefficient (Wildman–Crippen LogP) is 1.63. The molecule has 94 valence electrons. The fourth-order valence-electron chi connectivity index (χ4n) is 2.94. The molecule has 0 amide bonds. The van der Waals surface area contributed by atoms with Crippen LogP contribution in [0.1, 0.15) is 39.5 Å². The summed E-state index contributed by atoms with van der Waals surface area (Å²) in [6.07, 6.45) is 6.07. The Morgan fingerprint density at radius 2 is 2.25 bits per heavy atom. The van der Waals surface area contributed by atoms with Gasteiger partial charge >= 0.3 is 0 Å². The first-order valence-corrected chi connectivity index (χ1v) is 6.89. The zero-order valence-corrected chi connectivity index (χ0v) is 10.7. The molecule has 2 aliphatic heterocycles. The molecule has 2 heterocycles. The zero-order chi connectivity index (χ0) is 11.4. The van der Waals surface area contributed by atoms with E-state index < -0.39 is 0 Å². The second-order valence-electron chi connectivity index (χ2n) is 5.29. The molecule has 0 radical (unpaired) electrons. The minimum Gasteiger partial charge on any atom is -0.374 e. The van der Waals surface area contributed by atoms with Crippen LogP contribution < -0.4 is 5.32 Å². The molecule has 2 saturated heterocycles. The maximum Gasteiger partial charge on any atom is 0.0706 e. The van der Waals surface area contributed by atoms with Gasteiger partial charge in [0, 0.05) is 32.2 Å². The summed E-state index contributed by atoms with van der Waals surface area (Å²) in [5.41, 5.74) is 0. The van der Waals surface area contributed by atoms with Crippen LogP contribution >= 0.6 is 0 Å². The lowest BCUT2D eigenvalue weighted by atomic mass is 10.1. The Labute approximate surface area is 99.5 Å². The number of hydrogen-bond donors (Lipinski definition) is 1. The number of ether oxygens (including phenoxy) is 1. The van der Waals surface area contributed by atoms with Gasteiger partial charge in [-0.15, -0.1) is 0 Å². The molecule has 1 N–H and O–H groups in total. The average Bonchev–Trinajstić information content (AvgIpc) is 2.67. The molecule has 3 heteroatoms. The van der Waals surface area contributed by atoms with Crippen molar-refractivity contribution in [2.75, 3.05) is 26.2 Å². The van der Waals surface area contributed by atoms with Crippen LogP contribution in [0, 0.1) is 0 Å². The van der Waals surface area contributed by atoms with E-state index in [0.29, 0.717) is 12.2 Å². The molecular weight excluding hydrogens is 200 g/mol.